The number of sulfonamides is 1. The first-order valence-electron chi connectivity index (χ1n) is 8.43. The third-order valence-electron chi connectivity index (χ3n) is 4.75. The molecule has 3 aromatic rings. The summed E-state index contributed by atoms with van der Waals surface area (Å²) in [6, 6.07) is 15.4. The molecule has 134 valence electrons. The molecule has 1 atom stereocenters. The minimum Gasteiger partial charge on any atom is -0.364 e. The van der Waals surface area contributed by atoms with Crippen LogP contribution in [0.5, 0.6) is 0 Å². The third-order valence-corrected chi connectivity index (χ3v) is 5.66. The van der Waals surface area contributed by atoms with Crippen molar-refractivity contribution in [2.45, 2.75) is 30.8 Å². The molecule has 0 amide bonds. The summed E-state index contributed by atoms with van der Waals surface area (Å²) in [6.07, 6.45) is 4.70. The molecule has 2 N–H and O–H groups in total. The first-order valence-corrected chi connectivity index (χ1v) is 9.98. The fourth-order valence-corrected chi connectivity index (χ4v) is 4.01. The molecule has 4 rings (SSSR count). The van der Waals surface area contributed by atoms with Gasteiger partial charge in [-0.25, -0.2) is 18.2 Å². The van der Waals surface area contributed by atoms with Crippen molar-refractivity contribution in [2.75, 3.05) is 4.90 Å². The predicted molar refractivity (Wildman–Crippen MR) is 101 cm³/mol. The lowest BCUT2D eigenvalue weighted by Gasteiger charge is -2.24. The molecule has 0 saturated carbocycles. The first kappa shape index (κ1) is 16.8. The SMILES string of the molecule is C[C@@H]1Cc2cc(S(N)(=O)=O)ccc2N1Cc1cnn(-c2ccccc2)c1. The maximum absolute atomic E-state index is 11.6. The van der Waals surface area contributed by atoms with Crippen LogP contribution in [0, 0.1) is 0 Å². The van der Waals surface area contributed by atoms with Gasteiger partial charge >= 0.3 is 0 Å². The lowest BCUT2D eigenvalue weighted by Crippen LogP contribution is -2.28. The normalized spacial score (nSPS) is 16.7. The van der Waals surface area contributed by atoms with E-state index in [1.165, 1.54) is 0 Å². The number of benzene rings is 2. The van der Waals surface area contributed by atoms with Gasteiger partial charge in [-0.15, -0.1) is 0 Å². The van der Waals surface area contributed by atoms with E-state index >= 15 is 0 Å². The topological polar surface area (TPSA) is 81.2 Å². The molecule has 1 aliphatic rings. The summed E-state index contributed by atoms with van der Waals surface area (Å²) in [6.45, 7) is 2.86. The second-order valence-electron chi connectivity index (χ2n) is 6.65. The molecule has 6 nitrogen and oxygen atoms in total. The molecular weight excluding hydrogens is 348 g/mol. The maximum Gasteiger partial charge on any atom is 0.238 e. The fraction of sp³-hybridized carbons (Fsp3) is 0.211. The van der Waals surface area contributed by atoms with Crippen LogP contribution in [0.3, 0.4) is 0 Å². The Bertz CT molecular complexity index is 1040. The van der Waals surface area contributed by atoms with Gasteiger partial charge in [0.1, 0.15) is 0 Å². The van der Waals surface area contributed by atoms with Crippen molar-refractivity contribution in [2.24, 2.45) is 5.14 Å². The average Bonchev–Trinajstić information content (AvgIpc) is 3.20. The van der Waals surface area contributed by atoms with Crippen molar-refractivity contribution in [3.05, 3.63) is 72.1 Å². The van der Waals surface area contributed by atoms with E-state index in [9.17, 15) is 8.42 Å². The minimum atomic E-state index is -3.68. The number of anilines is 1. The van der Waals surface area contributed by atoms with Crippen molar-refractivity contribution < 1.29 is 8.42 Å². The van der Waals surface area contributed by atoms with Crippen LogP contribution in [0.1, 0.15) is 18.1 Å². The summed E-state index contributed by atoms with van der Waals surface area (Å²) in [5.74, 6) is 0. The monoisotopic (exact) mass is 368 g/mol. The molecule has 1 aromatic heterocycles. The standard InChI is InChI=1S/C19H20N4O2S/c1-14-9-16-10-18(26(20,24)25)7-8-19(16)22(14)12-15-11-21-23(13-15)17-5-3-2-4-6-17/h2-8,10-11,13-14H,9,12H2,1H3,(H2,20,24,25)/t14-/m1/s1. The second kappa shape index (κ2) is 6.26. The van der Waals surface area contributed by atoms with Gasteiger partial charge < -0.3 is 4.90 Å². The number of hydrogen-bond donors (Lipinski definition) is 1. The molecular formula is C19H20N4O2S. The summed E-state index contributed by atoms with van der Waals surface area (Å²) >= 11 is 0. The molecule has 7 heteroatoms. The van der Waals surface area contributed by atoms with Gasteiger partial charge in [-0.05, 0) is 49.2 Å². The van der Waals surface area contributed by atoms with E-state index in [0.717, 1.165) is 35.5 Å². The Morgan fingerprint density at radius 2 is 1.96 bits per heavy atom. The van der Waals surface area contributed by atoms with Gasteiger partial charge in [0, 0.05) is 30.0 Å². The largest absolute Gasteiger partial charge is 0.364 e. The van der Waals surface area contributed by atoms with Gasteiger partial charge in [0.05, 0.1) is 16.8 Å². The van der Waals surface area contributed by atoms with E-state index in [4.69, 9.17) is 5.14 Å². The number of rotatable bonds is 4. The van der Waals surface area contributed by atoms with E-state index < -0.39 is 10.0 Å². The fourth-order valence-electron chi connectivity index (χ4n) is 3.45. The van der Waals surface area contributed by atoms with E-state index in [1.807, 2.05) is 53.5 Å². The van der Waals surface area contributed by atoms with Gasteiger partial charge in [0.15, 0.2) is 0 Å². The summed E-state index contributed by atoms with van der Waals surface area (Å²) in [5.41, 5.74) is 4.19. The second-order valence-corrected chi connectivity index (χ2v) is 8.21. The summed E-state index contributed by atoms with van der Waals surface area (Å²) in [4.78, 5) is 2.44. The number of nitrogens with two attached hydrogens (primary N) is 1. The summed E-state index contributed by atoms with van der Waals surface area (Å²) in [7, 11) is -3.68. The molecule has 2 aromatic carbocycles. The maximum atomic E-state index is 11.6. The van der Waals surface area contributed by atoms with Gasteiger partial charge in [-0.1, -0.05) is 18.2 Å². The molecule has 0 aliphatic carbocycles. The third kappa shape index (κ3) is 3.11. The Hall–Kier alpha value is -2.64. The van der Waals surface area contributed by atoms with E-state index in [-0.39, 0.29) is 10.9 Å². The molecule has 26 heavy (non-hydrogen) atoms. The lowest BCUT2D eigenvalue weighted by atomic mass is 10.1. The van der Waals surface area contributed by atoms with Gasteiger partial charge in [-0.3, -0.25) is 0 Å². The number of hydrogen-bond acceptors (Lipinski definition) is 4. The van der Waals surface area contributed by atoms with Crippen LogP contribution >= 0.6 is 0 Å². The molecule has 0 spiro atoms. The molecule has 0 unspecified atom stereocenters. The van der Waals surface area contributed by atoms with Crippen LogP contribution in [0.15, 0.2) is 65.8 Å². The van der Waals surface area contributed by atoms with Crippen molar-refractivity contribution in [1.29, 1.82) is 0 Å². The quantitative estimate of drug-likeness (QED) is 0.767. The van der Waals surface area contributed by atoms with Gasteiger partial charge in [0.2, 0.25) is 10.0 Å². The molecule has 0 fully saturated rings. The number of fused-ring (bicyclic) bond motifs is 1. The molecule has 0 bridgehead atoms. The number of aromatic nitrogens is 2. The number of para-hydroxylation sites is 1. The van der Waals surface area contributed by atoms with Gasteiger partial charge in [-0.2, -0.15) is 5.10 Å². The highest BCUT2D eigenvalue weighted by Crippen LogP contribution is 2.34. The lowest BCUT2D eigenvalue weighted by molar-refractivity contribution is 0.597. The number of primary sulfonamides is 1. The molecule has 0 saturated heterocycles. The highest BCUT2D eigenvalue weighted by atomic mass is 32.2. The summed E-state index contributed by atoms with van der Waals surface area (Å²) < 4.78 is 25.0. The summed E-state index contributed by atoms with van der Waals surface area (Å²) in [5, 5.41) is 9.70. The van der Waals surface area contributed by atoms with E-state index in [0.29, 0.717) is 0 Å². The van der Waals surface area contributed by atoms with Crippen LogP contribution in [-0.4, -0.2) is 24.2 Å². The smallest absolute Gasteiger partial charge is 0.238 e. The Morgan fingerprint density at radius 3 is 2.69 bits per heavy atom. The van der Waals surface area contributed by atoms with Crippen LogP contribution in [0.25, 0.3) is 5.69 Å². The number of nitrogens with zero attached hydrogens (tertiary/aromatic N) is 3. The predicted octanol–water partition coefficient (Wildman–Crippen LogP) is 2.47. The van der Waals surface area contributed by atoms with E-state index in [2.05, 4.69) is 16.9 Å². The minimum absolute atomic E-state index is 0.169. The van der Waals surface area contributed by atoms with Crippen molar-refractivity contribution >= 4 is 15.7 Å². The van der Waals surface area contributed by atoms with Crippen molar-refractivity contribution in [3.8, 4) is 5.69 Å². The highest BCUT2D eigenvalue weighted by Gasteiger charge is 2.27. The molecule has 0 radical (unpaired) electrons. The van der Waals surface area contributed by atoms with E-state index in [1.54, 1.807) is 12.1 Å². The molecule has 1 aliphatic heterocycles. The Labute approximate surface area is 152 Å². The zero-order valence-electron chi connectivity index (χ0n) is 14.4. The van der Waals surface area contributed by atoms with Crippen LogP contribution < -0.4 is 10.0 Å². The average molecular weight is 368 g/mol. The zero-order chi connectivity index (χ0) is 18.3. The van der Waals surface area contributed by atoms with Crippen LogP contribution in [-0.2, 0) is 23.0 Å². The van der Waals surface area contributed by atoms with Crippen LogP contribution in [0.4, 0.5) is 5.69 Å². The van der Waals surface area contributed by atoms with Gasteiger partial charge in [0.25, 0.3) is 0 Å². The molecule has 2 heterocycles. The zero-order valence-corrected chi connectivity index (χ0v) is 15.2. The Morgan fingerprint density at radius 1 is 1.19 bits per heavy atom. The van der Waals surface area contributed by atoms with Crippen LogP contribution in [0.2, 0.25) is 0 Å². The Kier molecular flexibility index (Phi) is 4.05. The highest BCUT2D eigenvalue weighted by molar-refractivity contribution is 7.89. The van der Waals surface area contributed by atoms with Crippen molar-refractivity contribution in [3.63, 3.8) is 0 Å². The van der Waals surface area contributed by atoms with Crippen molar-refractivity contribution in [1.82, 2.24) is 9.78 Å². The Balaban J connectivity index is 1.60. The first-order chi connectivity index (χ1) is 12.4.